The molecule has 706 valence electrons. The maximum atomic E-state index is 13.0. The van der Waals surface area contributed by atoms with Crippen molar-refractivity contribution >= 4 is 33.6 Å². The van der Waals surface area contributed by atoms with Gasteiger partial charge >= 0.3 is 33.6 Å². The second kappa shape index (κ2) is 95.6. The van der Waals surface area contributed by atoms with Crippen molar-refractivity contribution in [2.45, 2.75) is 501 Å². The molecule has 0 radical (unpaired) electrons. The lowest BCUT2D eigenvalue weighted by Crippen LogP contribution is -2.30. The summed E-state index contributed by atoms with van der Waals surface area (Å²) in [6.45, 7) is 2.74. The largest absolute Gasteiger partial charge is 0.472 e. The van der Waals surface area contributed by atoms with Gasteiger partial charge in [-0.1, -0.05) is 452 Å². The van der Waals surface area contributed by atoms with Gasteiger partial charge in [0.05, 0.1) is 26.4 Å². The highest BCUT2D eigenvalue weighted by Crippen LogP contribution is 2.45. The van der Waals surface area contributed by atoms with E-state index in [0.29, 0.717) is 19.3 Å². The third kappa shape index (κ3) is 96.9. The summed E-state index contributed by atoms with van der Waals surface area (Å²) in [5.74, 6) is -1.54. The molecule has 0 aromatic carbocycles. The van der Waals surface area contributed by atoms with Crippen LogP contribution in [0.15, 0.2) is 97.2 Å². The van der Waals surface area contributed by atoms with Gasteiger partial charge in [0.25, 0.3) is 0 Å². The highest BCUT2D eigenvalue weighted by Gasteiger charge is 2.30. The van der Waals surface area contributed by atoms with Crippen LogP contribution in [0.5, 0.6) is 0 Å². The third-order valence-corrected chi connectivity index (χ3v) is 24.2. The Labute approximate surface area is 743 Å². The molecule has 0 heterocycles. The van der Waals surface area contributed by atoms with Gasteiger partial charge in [0.15, 0.2) is 6.10 Å². The zero-order valence-electron chi connectivity index (χ0n) is 78.2. The second-order valence-electron chi connectivity index (χ2n) is 34.3. The van der Waals surface area contributed by atoms with Crippen molar-refractivity contribution in [3.63, 3.8) is 0 Å². The topological polar surface area (TPSA) is 231 Å². The molecular formula is C103H188O16P2. The Bertz CT molecular complexity index is 2580. The highest BCUT2D eigenvalue weighted by atomic mass is 31.2. The van der Waals surface area contributed by atoms with Gasteiger partial charge in [-0.15, -0.1) is 0 Å². The minimum absolute atomic E-state index is 0.112. The van der Waals surface area contributed by atoms with E-state index in [1.54, 1.807) is 0 Å². The van der Waals surface area contributed by atoms with Gasteiger partial charge in [0.2, 0.25) is 0 Å². The van der Waals surface area contributed by atoms with Crippen LogP contribution in [0.3, 0.4) is 0 Å². The van der Waals surface area contributed by atoms with Gasteiger partial charge in [-0.05, 0) is 109 Å². The van der Waals surface area contributed by atoms with Crippen LogP contribution in [0.25, 0.3) is 0 Å². The van der Waals surface area contributed by atoms with E-state index in [0.717, 1.165) is 103 Å². The van der Waals surface area contributed by atoms with Gasteiger partial charge in [0.1, 0.15) is 25.4 Å². The molecule has 0 rings (SSSR count). The number of esters is 3. The van der Waals surface area contributed by atoms with E-state index >= 15 is 0 Å². The Balaban J connectivity index is 4.36. The molecule has 121 heavy (non-hydrogen) atoms. The van der Waals surface area contributed by atoms with E-state index in [-0.39, 0.29) is 19.3 Å². The Morgan fingerprint density at radius 3 is 0.669 bits per heavy atom. The average molecular weight is 1740 g/mol. The van der Waals surface area contributed by atoms with Crippen LogP contribution in [-0.2, 0) is 55.8 Å². The van der Waals surface area contributed by atoms with Crippen LogP contribution in [0, 0.1) is 0 Å². The Kier molecular flexibility index (Phi) is 92.8. The number of hydrogen-bond donors (Lipinski definition) is 4. The molecule has 0 aliphatic carbocycles. The van der Waals surface area contributed by atoms with Crippen molar-refractivity contribution in [3.8, 4) is 0 Å². The molecule has 0 spiro atoms. The number of unbranched alkanes of at least 4 members (excludes halogenated alkanes) is 58. The molecule has 0 amide bonds. The predicted molar refractivity (Wildman–Crippen MR) is 510 cm³/mol. The zero-order valence-corrected chi connectivity index (χ0v) is 80.0. The first kappa shape index (κ1) is 117. The first-order valence-electron chi connectivity index (χ1n) is 50.5. The van der Waals surface area contributed by atoms with Gasteiger partial charge < -0.3 is 34.2 Å². The third-order valence-electron chi connectivity index (χ3n) is 22.3. The molecule has 18 heteroatoms. The first-order chi connectivity index (χ1) is 59.2. The fourth-order valence-electron chi connectivity index (χ4n) is 14.6. The summed E-state index contributed by atoms with van der Waals surface area (Å²) in [6, 6.07) is 0. The standard InChI is InChI=1S/C103H188O16P2/c1-4-7-10-13-16-19-22-25-28-30-32-34-36-38-40-42-44-46-48-50-52-54-56-58-60-62-64-66-69-71-74-77-80-83-86-89-101(106)113-92-98(104)93-115-120(109,110)116-94-99(105)95-117-121(111,112)118-97-100(119-103(108)91-88-85-82-79-76-73-68-27-24-21-18-15-12-9-6-3)96-114-102(107)90-87-84-81-78-75-72-70-67-65-63-61-59-57-55-53-51-49-47-45-43-41-39-37-35-33-31-29-26-23-20-17-14-11-8-5-2/h16-17,19-20,25-26,28-29,32-35,38-41,98-100,104-105H,4-15,18,21-24,27,30-31,36-37,42-97H2,1-3H3,(H,109,110)(H,111,112)/b19-16-,20-17-,28-25-,29-26-,34-32-,35-33-,40-38-,41-39-. The first-order valence-corrected chi connectivity index (χ1v) is 53.5. The Hall–Kier alpha value is -3.53. The highest BCUT2D eigenvalue weighted by molar-refractivity contribution is 7.47. The molecule has 5 unspecified atom stereocenters. The summed E-state index contributed by atoms with van der Waals surface area (Å²) >= 11 is 0. The normalized spacial score (nSPS) is 14.1. The molecule has 0 fully saturated rings. The summed E-state index contributed by atoms with van der Waals surface area (Å²) in [5.41, 5.74) is 0. The summed E-state index contributed by atoms with van der Waals surface area (Å²) in [6.07, 6.45) is 116. The van der Waals surface area contributed by atoms with E-state index in [4.69, 9.17) is 32.3 Å². The number of allylic oxidation sites excluding steroid dienone is 16. The fraction of sp³-hybridized carbons (Fsp3) is 0.816. The molecule has 0 aliphatic heterocycles. The van der Waals surface area contributed by atoms with Gasteiger partial charge in [-0.25, -0.2) is 9.13 Å². The summed E-state index contributed by atoms with van der Waals surface area (Å²) < 4.78 is 61.6. The molecule has 0 bridgehead atoms. The van der Waals surface area contributed by atoms with E-state index in [2.05, 4.69) is 118 Å². The number of ether oxygens (including phenoxy) is 3. The van der Waals surface area contributed by atoms with E-state index in [1.165, 1.54) is 321 Å². The van der Waals surface area contributed by atoms with Crippen molar-refractivity contribution < 1.29 is 75.8 Å². The lowest BCUT2D eigenvalue weighted by Gasteiger charge is -2.21. The van der Waals surface area contributed by atoms with Crippen LogP contribution < -0.4 is 0 Å². The van der Waals surface area contributed by atoms with Crippen molar-refractivity contribution in [1.29, 1.82) is 0 Å². The molecule has 0 aromatic rings. The SMILES string of the molecule is CCCCC/C=C\C/C=C\C/C=C\C/C=C\CCCCCCCCCCCCCCCCCCCCCC(=O)OCC(O)COP(=O)(O)OCC(O)COP(=O)(O)OCC(COC(=O)CCCCCCCCCCCCCCCCCCCCC/C=C\C/C=C\C/C=C\C/C=C\CCCCC)OC(=O)CCCCCCCCCCCCCCCCC. The van der Waals surface area contributed by atoms with Crippen molar-refractivity contribution in [2.75, 3.05) is 39.6 Å². The Morgan fingerprint density at radius 2 is 0.413 bits per heavy atom. The lowest BCUT2D eigenvalue weighted by atomic mass is 10.0. The molecular weight excluding hydrogens is 1560 g/mol. The van der Waals surface area contributed by atoms with Crippen molar-refractivity contribution in [1.82, 2.24) is 0 Å². The molecule has 16 nitrogen and oxygen atoms in total. The van der Waals surface area contributed by atoms with E-state index < -0.39 is 91.5 Å². The minimum atomic E-state index is -4.93. The maximum Gasteiger partial charge on any atom is 0.472 e. The van der Waals surface area contributed by atoms with Crippen LogP contribution >= 0.6 is 15.6 Å². The average Bonchev–Trinajstić information content (AvgIpc) is 0.890. The number of phosphoric ester groups is 2. The summed E-state index contributed by atoms with van der Waals surface area (Å²) in [5, 5.41) is 20.8. The van der Waals surface area contributed by atoms with Gasteiger partial charge in [-0.2, -0.15) is 0 Å². The summed E-state index contributed by atoms with van der Waals surface area (Å²) in [4.78, 5) is 59.0. The summed E-state index contributed by atoms with van der Waals surface area (Å²) in [7, 11) is -9.79. The number of phosphoric acid groups is 2. The molecule has 0 aromatic heterocycles. The van der Waals surface area contributed by atoms with Crippen LogP contribution in [0.1, 0.15) is 483 Å². The van der Waals surface area contributed by atoms with Crippen LogP contribution in [0.4, 0.5) is 0 Å². The molecule has 5 atom stereocenters. The zero-order chi connectivity index (χ0) is 87.9. The Morgan fingerprint density at radius 1 is 0.231 bits per heavy atom. The van der Waals surface area contributed by atoms with Crippen molar-refractivity contribution in [2.24, 2.45) is 0 Å². The number of aliphatic hydroxyl groups is 2. The van der Waals surface area contributed by atoms with Gasteiger partial charge in [-0.3, -0.25) is 32.5 Å². The predicted octanol–water partition coefficient (Wildman–Crippen LogP) is 31.6. The van der Waals surface area contributed by atoms with Crippen LogP contribution in [-0.4, -0.2) is 95.9 Å². The quantitative estimate of drug-likeness (QED) is 0.0146. The van der Waals surface area contributed by atoms with Crippen LogP contribution in [0.2, 0.25) is 0 Å². The second-order valence-corrected chi connectivity index (χ2v) is 37.2. The lowest BCUT2D eigenvalue weighted by molar-refractivity contribution is -0.161. The monoisotopic (exact) mass is 1740 g/mol. The molecule has 4 N–H and O–H groups in total. The van der Waals surface area contributed by atoms with E-state index in [9.17, 15) is 43.5 Å². The molecule has 0 saturated carbocycles. The number of rotatable bonds is 97. The fourth-order valence-corrected chi connectivity index (χ4v) is 16.2. The smallest absolute Gasteiger partial charge is 0.463 e. The number of carbonyl (C=O) groups is 3. The van der Waals surface area contributed by atoms with E-state index in [1.807, 2.05) is 0 Å². The number of carbonyl (C=O) groups excluding carboxylic acids is 3. The molecule has 0 saturated heterocycles. The maximum absolute atomic E-state index is 13.0. The van der Waals surface area contributed by atoms with Crippen molar-refractivity contribution in [3.05, 3.63) is 97.2 Å². The number of hydrogen-bond acceptors (Lipinski definition) is 14. The number of aliphatic hydroxyl groups excluding tert-OH is 2. The molecule has 0 aliphatic rings. The minimum Gasteiger partial charge on any atom is -0.463 e. The van der Waals surface area contributed by atoms with Gasteiger partial charge in [0, 0.05) is 19.3 Å².